The lowest BCUT2D eigenvalue weighted by Crippen LogP contribution is -2.53. The minimum Gasteiger partial charge on any atom is -0.353 e. The van der Waals surface area contributed by atoms with E-state index in [9.17, 15) is 18.0 Å². The van der Waals surface area contributed by atoms with Crippen LogP contribution in [0, 0.1) is 23.7 Å². The number of amides is 2. The van der Waals surface area contributed by atoms with Crippen LogP contribution in [-0.4, -0.2) is 36.6 Å². The number of sulfonamides is 1. The summed E-state index contributed by atoms with van der Waals surface area (Å²) in [6, 6.07) is 5.36. The van der Waals surface area contributed by atoms with Crippen LogP contribution in [0.4, 0.5) is 0 Å². The van der Waals surface area contributed by atoms with Crippen LogP contribution in [0.15, 0.2) is 41.6 Å². The molecule has 3 aliphatic rings. The van der Waals surface area contributed by atoms with E-state index in [1.165, 1.54) is 31.0 Å². The van der Waals surface area contributed by atoms with Gasteiger partial charge in [0.2, 0.25) is 11.8 Å². The van der Waals surface area contributed by atoms with Gasteiger partial charge in [0.15, 0.2) is 0 Å². The van der Waals surface area contributed by atoms with Gasteiger partial charge < -0.3 is 10.6 Å². The summed E-state index contributed by atoms with van der Waals surface area (Å²) in [5, 5.41) is 5.66. The zero-order chi connectivity index (χ0) is 22.6. The zero-order valence-corrected chi connectivity index (χ0v) is 19.3. The molecule has 8 heteroatoms. The van der Waals surface area contributed by atoms with Crippen LogP contribution in [0.2, 0.25) is 0 Å². The van der Waals surface area contributed by atoms with E-state index in [0.717, 1.165) is 22.7 Å². The second kappa shape index (κ2) is 7.36. The van der Waals surface area contributed by atoms with Crippen LogP contribution in [0.25, 0.3) is 0 Å². The van der Waals surface area contributed by atoms with Gasteiger partial charge in [-0.15, -0.1) is 0 Å². The molecule has 2 saturated carbocycles. The van der Waals surface area contributed by atoms with Crippen LogP contribution in [-0.2, 0) is 19.6 Å². The van der Waals surface area contributed by atoms with Crippen molar-refractivity contribution in [1.82, 2.24) is 14.9 Å². The van der Waals surface area contributed by atoms with E-state index in [4.69, 9.17) is 0 Å². The number of rotatable bonds is 5. The minimum atomic E-state index is -3.97. The number of fused-ring (bicyclic) bond motifs is 2. The molecular weight excluding hydrogens is 414 g/mol. The van der Waals surface area contributed by atoms with Crippen molar-refractivity contribution in [2.45, 2.75) is 70.4 Å². The highest BCUT2D eigenvalue weighted by atomic mass is 32.2. The van der Waals surface area contributed by atoms with E-state index in [2.05, 4.69) is 31.4 Å². The van der Waals surface area contributed by atoms with E-state index in [0.29, 0.717) is 5.92 Å². The molecule has 0 radical (unpaired) electrons. The number of nitrogens with zero attached hydrogens (tertiary/aromatic N) is 1. The van der Waals surface area contributed by atoms with Crippen LogP contribution < -0.4 is 10.6 Å². The molecule has 0 aromatic heterocycles. The van der Waals surface area contributed by atoms with Gasteiger partial charge in [-0.1, -0.05) is 38.5 Å². The van der Waals surface area contributed by atoms with E-state index < -0.39 is 22.0 Å². The average molecular weight is 446 g/mol. The molecule has 4 rings (SSSR count). The number of hydrogen-bond donors (Lipinski definition) is 2. The quantitative estimate of drug-likeness (QED) is 0.728. The largest absolute Gasteiger partial charge is 0.353 e. The number of nitrogens with one attached hydrogen (secondary N) is 2. The molecule has 1 aromatic carbocycles. The first-order valence-corrected chi connectivity index (χ1v) is 12.3. The summed E-state index contributed by atoms with van der Waals surface area (Å²) >= 11 is 0. The van der Waals surface area contributed by atoms with Gasteiger partial charge in [0.05, 0.1) is 11.3 Å². The number of aryl methyl sites for hydroxylation is 1. The Morgan fingerprint density at radius 1 is 1.23 bits per heavy atom. The van der Waals surface area contributed by atoms with E-state index in [1.54, 1.807) is 12.1 Å². The van der Waals surface area contributed by atoms with Crippen LogP contribution in [0.3, 0.4) is 0 Å². The van der Waals surface area contributed by atoms with E-state index in [-0.39, 0.29) is 34.1 Å². The third kappa shape index (κ3) is 3.45. The Kier molecular flexibility index (Phi) is 5.19. The lowest BCUT2D eigenvalue weighted by Gasteiger charge is -2.39. The summed E-state index contributed by atoms with van der Waals surface area (Å²) in [5.74, 6) is -0.232. The fraction of sp³-hybridized carbons (Fsp3) is 0.565. The van der Waals surface area contributed by atoms with Crippen molar-refractivity contribution < 1.29 is 18.0 Å². The van der Waals surface area contributed by atoms with Gasteiger partial charge in [-0.05, 0) is 55.1 Å². The zero-order valence-electron chi connectivity index (χ0n) is 18.5. The Labute approximate surface area is 184 Å². The molecule has 2 amide bonds. The molecule has 31 heavy (non-hydrogen) atoms. The van der Waals surface area contributed by atoms with Gasteiger partial charge in [0.1, 0.15) is 6.04 Å². The predicted octanol–water partition coefficient (Wildman–Crippen LogP) is 2.68. The van der Waals surface area contributed by atoms with Crippen molar-refractivity contribution in [3.63, 3.8) is 0 Å². The Morgan fingerprint density at radius 2 is 1.90 bits per heavy atom. The summed E-state index contributed by atoms with van der Waals surface area (Å²) in [5.41, 5.74) is 1.09. The molecule has 1 aliphatic heterocycles. The summed E-state index contributed by atoms with van der Waals surface area (Å²) in [4.78, 5) is 25.6. The number of carbonyl (C=O) groups excluding carboxylic acids is 2. The predicted molar refractivity (Wildman–Crippen MR) is 117 cm³/mol. The van der Waals surface area contributed by atoms with Gasteiger partial charge in [-0.25, -0.2) is 8.42 Å². The molecule has 2 N–H and O–H groups in total. The third-order valence-corrected chi connectivity index (χ3v) is 9.96. The summed E-state index contributed by atoms with van der Waals surface area (Å²) in [6.45, 7) is 8.64. The molecule has 1 aromatic rings. The molecule has 0 spiro atoms. The highest BCUT2D eigenvalue weighted by Crippen LogP contribution is 2.65. The van der Waals surface area contributed by atoms with Crippen molar-refractivity contribution in [3.8, 4) is 0 Å². The van der Waals surface area contributed by atoms with E-state index in [1.807, 2.05) is 6.92 Å². The molecule has 2 fully saturated rings. The minimum absolute atomic E-state index is 0.00964. The highest BCUT2D eigenvalue weighted by Gasteiger charge is 2.61. The van der Waals surface area contributed by atoms with Gasteiger partial charge in [0.25, 0.3) is 10.0 Å². The monoisotopic (exact) mass is 445 g/mol. The number of hydrogen-bond acceptors (Lipinski definition) is 4. The maximum absolute atomic E-state index is 13.2. The summed E-state index contributed by atoms with van der Waals surface area (Å²) in [7, 11) is -3.97. The molecule has 168 valence electrons. The normalized spacial score (nSPS) is 31.5. The Morgan fingerprint density at radius 3 is 2.48 bits per heavy atom. The van der Waals surface area contributed by atoms with Crippen LogP contribution in [0.5, 0.6) is 0 Å². The number of carbonyl (C=O) groups is 2. The topological polar surface area (TPSA) is 95.6 Å². The van der Waals surface area contributed by atoms with Crippen molar-refractivity contribution in [3.05, 3.63) is 42.2 Å². The first kappa shape index (κ1) is 21.9. The lowest BCUT2D eigenvalue weighted by molar-refractivity contribution is -0.130. The maximum Gasteiger partial charge on any atom is 0.264 e. The van der Waals surface area contributed by atoms with Crippen molar-refractivity contribution in [2.75, 3.05) is 0 Å². The van der Waals surface area contributed by atoms with Crippen molar-refractivity contribution in [2.24, 2.45) is 16.7 Å². The average Bonchev–Trinajstić information content (AvgIpc) is 3.03. The molecule has 0 saturated heterocycles. The van der Waals surface area contributed by atoms with Crippen molar-refractivity contribution in [1.29, 1.82) is 0 Å². The van der Waals surface area contributed by atoms with Gasteiger partial charge in [0, 0.05) is 18.4 Å². The molecule has 3 unspecified atom stereocenters. The van der Waals surface area contributed by atoms with Gasteiger partial charge in [-0.2, -0.15) is 0 Å². The number of benzene rings is 1. The molecule has 2 bridgehead atoms. The molecular formula is C23H31N3O4S. The van der Waals surface area contributed by atoms with Crippen molar-refractivity contribution >= 4 is 21.8 Å². The lowest BCUT2D eigenvalue weighted by atomic mass is 9.69. The first-order valence-electron chi connectivity index (χ1n) is 10.8. The smallest absolute Gasteiger partial charge is 0.264 e. The highest BCUT2D eigenvalue weighted by molar-refractivity contribution is 7.89. The Hall–Kier alpha value is -2.35. The molecule has 7 nitrogen and oxygen atoms in total. The van der Waals surface area contributed by atoms with E-state index >= 15 is 0 Å². The van der Waals surface area contributed by atoms with Gasteiger partial charge >= 0.3 is 0 Å². The Balaban J connectivity index is 1.52. The fourth-order valence-electron chi connectivity index (χ4n) is 5.62. The fourth-order valence-corrected chi connectivity index (χ4v) is 7.07. The summed E-state index contributed by atoms with van der Waals surface area (Å²) < 4.78 is 27.4. The second-order valence-corrected chi connectivity index (χ2v) is 11.8. The van der Waals surface area contributed by atoms with Crippen LogP contribution >= 0.6 is 0 Å². The molecule has 4 atom stereocenters. The van der Waals surface area contributed by atoms with Crippen LogP contribution in [0.1, 0.15) is 52.0 Å². The maximum atomic E-state index is 13.2. The first-order chi connectivity index (χ1) is 14.5. The van der Waals surface area contributed by atoms with Gasteiger partial charge in [-0.3, -0.25) is 13.9 Å². The second-order valence-electron chi connectivity index (χ2n) is 9.92. The standard InChI is InChI=1S/C23H31N3O4S/c1-15-5-7-17(8-6-15)31(29,30)26-12-11-24-21(28)18(26)14-20(27)25-19-13-16-9-10-23(19,4)22(16,2)3/h5-8,11-12,16,18-19H,9-10,13-14H2,1-4H3,(H,24,28)(H,25,27)/t16?,18-,19?,23?/m1/s1. The Bertz CT molecular complexity index is 1030. The summed E-state index contributed by atoms with van der Waals surface area (Å²) in [6.07, 6.45) is 5.55. The third-order valence-electron chi connectivity index (χ3n) is 8.16. The molecule has 2 aliphatic carbocycles. The molecule has 1 heterocycles. The SMILES string of the molecule is Cc1ccc(S(=O)(=O)N2C=CNC(=O)[C@H]2CC(=O)NC2CC3CCC2(C)C3(C)C)cc1.